The molecule has 0 bridgehead atoms. The summed E-state index contributed by atoms with van der Waals surface area (Å²) in [5.41, 5.74) is 0. The Labute approximate surface area is 152 Å². The zero-order chi connectivity index (χ0) is 18.2. The third-order valence-corrected chi connectivity index (χ3v) is 0. The largest absolute Gasteiger partial charge is 1.00 e. The summed E-state index contributed by atoms with van der Waals surface area (Å²) in [6.07, 6.45) is 0. The molecule has 0 heterocycles. The van der Waals surface area contributed by atoms with Crippen LogP contribution < -0.4 is 41.2 Å². The molecule has 0 aliphatic carbocycles. The summed E-state index contributed by atoms with van der Waals surface area (Å²) in [7, 11) is 0. The molecule has 0 aromatic carbocycles. The van der Waals surface area contributed by atoms with E-state index in [1.165, 1.54) is 0 Å². The summed E-state index contributed by atoms with van der Waals surface area (Å²) in [6.45, 7) is 0. The van der Waals surface area contributed by atoms with Gasteiger partial charge in [0.25, 0.3) is 0 Å². The number of nitrogens with two attached hydrogens (primary N) is 2. The van der Waals surface area contributed by atoms with Gasteiger partial charge in [-0.15, -0.1) is 32.0 Å². The van der Waals surface area contributed by atoms with Gasteiger partial charge >= 0.3 is 29.6 Å². The van der Waals surface area contributed by atoms with Crippen molar-refractivity contribution in [3.63, 3.8) is 0 Å². The molecule has 0 aromatic rings. The molecule has 4 N–H and O–H groups in total. The van der Waals surface area contributed by atoms with Crippen LogP contribution in [0.3, 0.4) is 0 Å². The second kappa shape index (κ2) is 409. The maximum absolute atomic E-state index is 8.00. The summed E-state index contributed by atoms with van der Waals surface area (Å²) < 4.78 is 0. The predicted octanol–water partition coefficient (Wildman–Crippen LogP) is -2.56. The van der Waals surface area contributed by atoms with Crippen molar-refractivity contribution in [1.29, 1.82) is 0 Å². The van der Waals surface area contributed by atoms with Gasteiger partial charge in [-0.2, -0.15) is 0 Å². The van der Waals surface area contributed by atoms with E-state index in [-0.39, 0.29) is 47.8 Å². The molecule has 0 rings (SSSR count). The fourth-order valence-electron chi connectivity index (χ4n) is 0. The number of hydrazine groups is 1. The molecule has 0 aliphatic rings. The van der Waals surface area contributed by atoms with Crippen LogP contribution in [0.4, 0.5) is 0 Å². The van der Waals surface area contributed by atoms with E-state index >= 15 is 0 Å². The predicted molar refractivity (Wildman–Crippen MR) is 64.5 cm³/mol. The molecule has 0 amide bonds. The number of hydrogen-bond donors (Lipinski definition) is 2. The van der Waals surface area contributed by atoms with Gasteiger partial charge < -0.3 is 62.1 Å². The molecule has 0 fully saturated rings. The van der Waals surface area contributed by atoms with Crippen molar-refractivity contribution >= 4 is 0 Å². The Bertz CT molecular complexity index is 129. The molecule has 0 saturated carbocycles. The van der Waals surface area contributed by atoms with Crippen molar-refractivity contribution in [2.24, 2.45) is 43.7 Å². The second-order valence-electron chi connectivity index (χ2n) is 0.447. The van der Waals surface area contributed by atoms with Gasteiger partial charge in [0.05, 0.1) is 0 Å². The topological polar surface area (TPSA) is 367 Å². The number of rotatable bonds is 0. The molecule has 0 aliphatic heterocycles. The van der Waals surface area contributed by atoms with Crippen LogP contribution in [0, 0.1) is 60.7 Å². The van der Waals surface area contributed by atoms with Crippen molar-refractivity contribution in [1.82, 2.24) is 0 Å². The van der Waals surface area contributed by atoms with E-state index < -0.39 is 0 Å². The van der Waals surface area contributed by atoms with E-state index in [4.69, 9.17) is 60.7 Å². The van der Waals surface area contributed by atoms with Gasteiger partial charge in [-0.25, -0.2) is 0 Å². The van der Waals surface area contributed by atoms with Crippen LogP contribution in [-0.2, 0) is 16.8 Å². The molecule has 22 heavy (non-hydrogen) atoms. The molecule has 20 nitrogen and oxygen atoms in total. The average molecular weight is 391 g/mol. The van der Waals surface area contributed by atoms with Gasteiger partial charge in [0.15, 0.2) is 0 Å². The van der Waals surface area contributed by atoms with Crippen LogP contribution in [0.25, 0.3) is 0 Å². The van der Waals surface area contributed by atoms with Crippen LogP contribution in [0.15, 0.2) is 32.0 Å². The minimum absolute atomic E-state index is 0. The van der Waals surface area contributed by atoms with E-state index in [1.807, 2.05) is 0 Å². The van der Waals surface area contributed by atoms with Gasteiger partial charge in [0, 0.05) is 16.8 Å². The molecule has 0 aromatic heterocycles. The van der Waals surface area contributed by atoms with Crippen molar-refractivity contribution in [2.75, 3.05) is 0 Å². The van der Waals surface area contributed by atoms with E-state index in [0.29, 0.717) is 0 Å². The van der Waals surface area contributed by atoms with Crippen molar-refractivity contribution in [2.45, 2.75) is 0 Å². The van der Waals surface area contributed by atoms with Gasteiger partial charge in [0.2, 0.25) is 0 Å². The van der Waals surface area contributed by atoms with E-state index in [2.05, 4.69) is 11.7 Å². The summed E-state index contributed by atoms with van der Waals surface area (Å²) in [4.78, 5) is 48.0. The molecule has 0 atom stereocenters. The first kappa shape index (κ1) is 60.0. The maximum atomic E-state index is 8.00. The second-order valence-corrected chi connectivity index (χ2v) is 0.447. The average Bonchev–Trinajstić information content (AvgIpc) is 2.36. The normalized spacial score (nSPS) is 3.55. The SMILES string of the molecule is NN.O=N[O-].O=N[O-].O=N[O-].O=N[O-].O=N[O-].O=N[O-].[Co].[H-].[Na+]. The molecule has 0 unspecified atom stereocenters. The van der Waals surface area contributed by atoms with Gasteiger partial charge in [0.1, 0.15) is 0 Å². The number of hydrogen-bond acceptors (Lipinski definition) is 20. The molecule has 0 saturated heterocycles. The van der Waals surface area contributed by atoms with Crippen LogP contribution in [0.5, 0.6) is 0 Å². The Balaban J connectivity index is -0.0000000105. The van der Waals surface area contributed by atoms with Crippen molar-refractivity contribution < 1.29 is 47.8 Å². The minimum Gasteiger partial charge on any atom is -1.00 e. The van der Waals surface area contributed by atoms with Gasteiger partial charge in [-0.1, -0.05) is 0 Å². The Morgan fingerprint density at radius 2 is 0.500 bits per heavy atom. The van der Waals surface area contributed by atoms with Crippen LogP contribution in [-0.4, -0.2) is 0 Å². The zero-order valence-electron chi connectivity index (χ0n) is 11.1. The third kappa shape index (κ3) is 1070. The molecule has 0 spiro atoms. The molecular weight excluding hydrogens is 386 g/mol. The van der Waals surface area contributed by atoms with Crippen LogP contribution in [0.1, 0.15) is 1.43 Å². The summed E-state index contributed by atoms with van der Waals surface area (Å²) in [5.74, 6) is 8.00. The fourth-order valence-corrected chi connectivity index (χ4v) is 0. The first-order valence-corrected chi connectivity index (χ1v) is 2.52. The third-order valence-electron chi connectivity index (χ3n) is 0. The van der Waals surface area contributed by atoms with Crippen molar-refractivity contribution in [3.8, 4) is 0 Å². The van der Waals surface area contributed by atoms with E-state index in [1.54, 1.807) is 0 Å². The summed E-state index contributed by atoms with van der Waals surface area (Å²) >= 11 is 0. The minimum atomic E-state index is 0. The van der Waals surface area contributed by atoms with E-state index in [0.717, 1.165) is 32.0 Å². The Kier molecular flexibility index (Phi) is 1110. The number of nitrogens with zero attached hydrogens (tertiary/aromatic N) is 6. The summed E-state index contributed by atoms with van der Waals surface area (Å²) in [5, 5.41) is 54.0. The van der Waals surface area contributed by atoms with Crippen LogP contribution >= 0.6 is 0 Å². The standard InChI is InChI=1S/Co.H4N2.6HNO2.Na.H/c;1-2;6*2-1-3;;/h;1-2H2;6*(H,2,3);;/q;;;;;;;;+1;-1/p-6. The Morgan fingerprint density at radius 3 is 0.500 bits per heavy atom. The molecule has 1 radical (unpaired) electrons. The quantitative estimate of drug-likeness (QED) is 0.185. The van der Waals surface area contributed by atoms with Crippen LogP contribution in [0.2, 0.25) is 0 Å². The van der Waals surface area contributed by atoms with Gasteiger partial charge in [-0.05, 0) is 0 Å². The monoisotopic (exact) mass is 391 g/mol. The first-order valence-electron chi connectivity index (χ1n) is 2.52. The molecule has 133 valence electrons. The van der Waals surface area contributed by atoms with Crippen molar-refractivity contribution in [3.05, 3.63) is 60.7 Å². The fraction of sp³-hybridized carbons (Fsp3) is 0. The van der Waals surface area contributed by atoms with E-state index in [9.17, 15) is 0 Å². The zero-order valence-corrected chi connectivity index (χ0v) is 13.1. The summed E-state index contributed by atoms with van der Waals surface area (Å²) in [6, 6.07) is 0. The van der Waals surface area contributed by atoms with Gasteiger partial charge in [-0.3, -0.25) is 11.7 Å². The molecular formula is H5CoN8NaO12-6. The Hall–Kier alpha value is -2.17. The first-order chi connectivity index (χ1) is 9.49. The maximum Gasteiger partial charge on any atom is 1.00 e. The Morgan fingerprint density at radius 1 is 0.500 bits per heavy atom. The molecule has 22 heteroatoms. The smallest absolute Gasteiger partial charge is 1.00 e.